The topological polar surface area (TPSA) is 43.6 Å². The van der Waals surface area contributed by atoms with Crippen LogP contribution in [-0.2, 0) is 12.3 Å². The Morgan fingerprint density at radius 3 is 2.54 bits per heavy atom. The lowest BCUT2D eigenvalue weighted by Crippen LogP contribution is -2.00. The molecule has 0 fully saturated rings. The average Bonchev–Trinajstić information content (AvgIpc) is 3.33. The molecule has 0 saturated heterocycles. The standard InChI is InChI=1S/C22H22N4S2/c1-4-26-20(18-7-5-6-16(3)12-18)24-25-22(26)28-14-19-13-27-21(23-19)17-10-8-15(2)9-11-17/h5-13H,4,14H2,1-3H3. The van der Waals surface area contributed by atoms with Crippen LogP contribution in [0.2, 0.25) is 0 Å². The Balaban J connectivity index is 1.50. The summed E-state index contributed by atoms with van der Waals surface area (Å²) in [4.78, 5) is 4.80. The van der Waals surface area contributed by atoms with Crippen LogP contribution in [0, 0.1) is 13.8 Å². The van der Waals surface area contributed by atoms with E-state index in [4.69, 9.17) is 4.98 Å². The molecule has 0 saturated carbocycles. The lowest BCUT2D eigenvalue weighted by atomic mass is 10.1. The molecule has 0 amide bonds. The van der Waals surface area contributed by atoms with Crippen LogP contribution < -0.4 is 0 Å². The number of nitrogens with zero attached hydrogens (tertiary/aromatic N) is 4. The summed E-state index contributed by atoms with van der Waals surface area (Å²) in [5.74, 6) is 1.71. The molecule has 4 aromatic rings. The van der Waals surface area contributed by atoms with Crippen molar-refractivity contribution in [2.24, 2.45) is 0 Å². The van der Waals surface area contributed by atoms with Crippen LogP contribution in [0.25, 0.3) is 22.0 Å². The third-order valence-electron chi connectivity index (χ3n) is 4.51. The second kappa shape index (κ2) is 8.29. The van der Waals surface area contributed by atoms with Gasteiger partial charge in [-0.25, -0.2) is 4.98 Å². The van der Waals surface area contributed by atoms with Gasteiger partial charge in [-0.1, -0.05) is 65.4 Å². The molecule has 2 aromatic heterocycles. The van der Waals surface area contributed by atoms with Crippen molar-refractivity contribution < 1.29 is 0 Å². The fraction of sp³-hybridized carbons (Fsp3) is 0.227. The first-order chi connectivity index (χ1) is 13.6. The first kappa shape index (κ1) is 18.9. The van der Waals surface area contributed by atoms with Gasteiger partial charge in [0.1, 0.15) is 5.01 Å². The minimum atomic E-state index is 0.786. The Morgan fingerprint density at radius 1 is 0.964 bits per heavy atom. The van der Waals surface area contributed by atoms with E-state index in [2.05, 4.69) is 89.4 Å². The minimum Gasteiger partial charge on any atom is -0.302 e. The van der Waals surface area contributed by atoms with Crippen molar-refractivity contribution in [2.75, 3.05) is 0 Å². The SMILES string of the molecule is CCn1c(SCc2csc(-c3ccc(C)cc3)n2)nnc1-c1cccc(C)c1. The van der Waals surface area contributed by atoms with E-state index >= 15 is 0 Å². The van der Waals surface area contributed by atoms with Gasteiger partial charge in [-0.2, -0.15) is 0 Å². The molecular formula is C22H22N4S2. The van der Waals surface area contributed by atoms with Gasteiger partial charge in [0.05, 0.1) is 5.69 Å². The fourth-order valence-corrected chi connectivity index (χ4v) is 4.84. The Kier molecular flexibility index (Phi) is 5.59. The highest BCUT2D eigenvalue weighted by molar-refractivity contribution is 7.98. The Morgan fingerprint density at radius 2 is 1.79 bits per heavy atom. The van der Waals surface area contributed by atoms with Crippen molar-refractivity contribution >= 4 is 23.1 Å². The lowest BCUT2D eigenvalue weighted by molar-refractivity contribution is 0.687. The van der Waals surface area contributed by atoms with Crippen molar-refractivity contribution in [1.82, 2.24) is 19.7 Å². The van der Waals surface area contributed by atoms with E-state index in [0.29, 0.717) is 0 Å². The largest absolute Gasteiger partial charge is 0.302 e. The molecule has 0 bridgehead atoms. The van der Waals surface area contributed by atoms with Gasteiger partial charge >= 0.3 is 0 Å². The molecule has 0 aliphatic carbocycles. The van der Waals surface area contributed by atoms with Gasteiger partial charge in [0.25, 0.3) is 0 Å². The zero-order valence-electron chi connectivity index (χ0n) is 16.2. The molecule has 28 heavy (non-hydrogen) atoms. The number of benzene rings is 2. The zero-order valence-corrected chi connectivity index (χ0v) is 17.8. The van der Waals surface area contributed by atoms with Crippen LogP contribution in [0.3, 0.4) is 0 Å². The second-order valence-electron chi connectivity index (χ2n) is 6.72. The molecule has 0 aliphatic rings. The van der Waals surface area contributed by atoms with Gasteiger partial charge in [0, 0.05) is 28.8 Å². The monoisotopic (exact) mass is 406 g/mol. The first-order valence-electron chi connectivity index (χ1n) is 9.28. The summed E-state index contributed by atoms with van der Waals surface area (Å²) in [5, 5.41) is 13.0. The van der Waals surface area contributed by atoms with Gasteiger partial charge in [0.15, 0.2) is 11.0 Å². The number of hydrogen-bond donors (Lipinski definition) is 0. The van der Waals surface area contributed by atoms with Crippen molar-refractivity contribution in [3.63, 3.8) is 0 Å². The summed E-state index contributed by atoms with van der Waals surface area (Å²) in [6.45, 7) is 7.16. The highest BCUT2D eigenvalue weighted by atomic mass is 32.2. The molecule has 0 aliphatic heterocycles. The molecular weight excluding hydrogens is 384 g/mol. The third kappa shape index (κ3) is 4.03. The minimum absolute atomic E-state index is 0.786. The van der Waals surface area contributed by atoms with Gasteiger partial charge in [-0.3, -0.25) is 0 Å². The first-order valence-corrected chi connectivity index (χ1v) is 11.1. The number of rotatable bonds is 6. The second-order valence-corrected chi connectivity index (χ2v) is 8.52. The van der Waals surface area contributed by atoms with Crippen molar-refractivity contribution in [3.8, 4) is 22.0 Å². The molecule has 6 heteroatoms. The van der Waals surface area contributed by atoms with E-state index < -0.39 is 0 Å². The Bertz CT molecular complexity index is 1080. The predicted octanol–water partition coefficient (Wildman–Crippen LogP) is 6.00. The van der Waals surface area contributed by atoms with Gasteiger partial charge in [-0.05, 0) is 26.8 Å². The molecule has 0 unspecified atom stereocenters. The average molecular weight is 407 g/mol. The van der Waals surface area contributed by atoms with Crippen LogP contribution in [0.4, 0.5) is 0 Å². The molecule has 4 nitrogen and oxygen atoms in total. The van der Waals surface area contributed by atoms with Crippen LogP contribution in [-0.4, -0.2) is 19.7 Å². The van der Waals surface area contributed by atoms with E-state index in [1.54, 1.807) is 23.1 Å². The molecule has 0 atom stereocenters. The molecule has 0 N–H and O–H groups in total. The van der Waals surface area contributed by atoms with Crippen LogP contribution in [0.15, 0.2) is 59.1 Å². The lowest BCUT2D eigenvalue weighted by Gasteiger charge is -2.07. The summed E-state index contributed by atoms with van der Waals surface area (Å²) in [5.41, 5.74) is 5.85. The molecule has 2 aromatic carbocycles. The maximum Gasteiger partial charge on any atom is 0.191 e. The van der Waals surface area contributed by atoms with Crippen LogP contribution in [0.1, 0.15) is 23.7 Å². The number of hydrogen-bond acceptors (Lipinski definition) is 5. The summed E-state index contributed by atoms with van der Waals surface area (Å²) in [6, 6.07) is 16.9. The van der Waals surface area contributed by atoms with E-state index in [1.165, 1.54) is 16.7 Å². The normalized spacial score (nSPS) is 11.1. The van der Waals surface area contributed by atoms with Crippen molar-refractivity contribution in [2.45, 2.75) is 38.2 Å². The van der Waals surface area contributed by atoms with Gasteiger partial charge < -0.3 is 4.57 Å². The third-order valence-corrected chi connectivity index (χ3v) is 6.45. The quantitative estimate of drug-likeness (QED) is 0.369. The Labute approximate surface area is 173 Å². The number of aryl methyl sites for hydroxylation is 2. The van der Waals surface area contributed by atoms with Gasteiger partial charge in [-0.15, -0.1) is 21.5 Å². The Hall–Kier alpha value is -2.44. The van der Waals surface area contributed by atoms with E-state index in [9.17, 15) is 0 Å². The number of thioether (sulfide) groups is 1. The fourth-order valence-electron chi connectivity index (χ4n) is 3.02. The van der Waals surface area contributed by atoms with E-state index in [1.807, 2.05) is 0 Å². The van der Waals surface area contributed by atoms with Gasteiger partial charge in [0.2, 0.25) is 0 Å². The molecule has 0 spiro atoms. The summed E-state index contributed by atoms with van der Waals surface area (Å²) >= 11 is 3.38. The highest BCUT2D eigenvalue weighted by Crippen LogP contribution is 2.29. The number of aromatic nitrogens is 4. The van der Waals surface area contributed by atoms with Crippen molar-refractivity contribution in [3.05, 3.63) is 70.7 Å². The highest BCUT2D eigenvalue weighted by Gasteiger charge is 2.14. The van der Waals surface area contributed by atoms with E-state index in [0.717, 1.165) is 39.5 Å². The summed E-state index contributed by atoms with van der Waals surface area (Å²) < 4.78 is 2.17. The maximum atomic E-state index is 4.80. The molecule has 142 valence electrons. The van der Waals surface area contributed by atoms with Crippen LogP contribution >= 0.6 is 23.1 Å². The smallest absolute Gasteiger partial charge is 0.191 e. The van der Waals surface area contributed by atoms with E-state index in [-0.39, 0.29) is 0 Å². The maximum absolute atomic E-state index is 4.80. The van der Waals surface area contributed by atoms with Crippen LogP contribution in [0.5, 0.6) is 0 Å². The summed E-state index contributed by atoms with van der Waals surface area (Å²) in [7, 11) is 0. The predicted molar refractivity (Wildman–Crippen MR) is 118 cm³/mol. The molecule has 4 rings (SSSR count). The zero-order chi connectivity index (χ0) is 19.5. The van der Waals surface area contributed by atoms with Crippen molar-refractivity contribution in [1.29, 1.82) is 0 Å². The molecule has 0 radical (unpaired) electrons. The summed E-state index contributed by atoms with van der Waals surface area (Å²) in [6.07, 6.45) is 0. The number of thiazole rings is 1. The molecule has 2 heterocycles.